The SMILES string of the molecule is CN(Cc1ccc(F)cc1)c1nc(C[NH+]2CCOCC2)nc2sc3c(c12)CCC3. The molecule has 7 heteroatoms. The Morgan fingerprint density at radius 2 is 1.93 bits per heavy atom. The maximum absolute atomic E-state index is 13.3. The standard InChI is InChI=1S/C22H25FN4OS/c1-26(13-15-5-7-16(23)8-6-15)21-20-17-3-2-4-18(17)29-22(20)25-19(24-21)14-27-9-11-28-12-10-27/h5-8H,2-4,9-14H2,1H3/p+1. The van der Waals surface area contributed by atoms with E-state index in [0.29, 0.717) is 6.54 Å². The lowest BCUT2D eigenvalue weighted by atomic mass is 10.1. The van der Waals surface area contributed by atoms with Crippen LogP contribution in [-0.4, -0.2) is 43.3 Å². The number of nitrogens with one attached hydrogen (secondary N) is 1. The molecule has 1 fully saturated rings. The highest BCUT2D eigenvalue weighted by Crippen LogP contribution is 2.40. The van der Waals surface area contributed by atoms with Gasteiger partial charge in [0.15, 0.2) is 5.82 Å². The molecule has 1 N–H and O–H groups in total. The largest absolute Gasteiger partial charge is 0.370 e. The Morgan fingerprint density at radius 1 is 1.14 bits per heavy atom. The van der Waals surface area contributed by atoms with Gasteiger partial charge in [-0.2, -0.15) is 0 Å². The molecule has 0 saturated carbocycles. The summed E-state index contributed by atoms with van der Waals surface area (Å²) in [4.78, 5) is 16.3. The van der Waals surface area contributed by atoms with Crippen molar-refractivity contribution in [3.63, 3.8) is 0 Å². The van der Waals surface area contributed by atoms with Gasteiger partial charge in [0.25, 0.3) is 0 Å². The van der Waals surface area contributed by atoms with E-state index in [-0.39, 0.29) is 5.82 Å². The number of rotatable bonds is 5. The van der Waals surface area contributed by atoms with Gasteiger partial charge >= 0.3 is 0 Å². The van der Waals surface area contributed by atoms with Crippen LogP contribution in [0.15, 0.2) is 24.3 Å². The summed E-state index contributed by atoms with van der Waals surface area (Å²) in [6.07, 6.45) is 3.49. The van der Waals surface area contributed by atoms with Gasteiger partial charge in [0.05, 0.1) is 18.6 Å². The minimum atomic E-state index is -0.202. The molecule has 0 spiro atoms. The van der Waals surface area contributed by atoms with Crippen molar-refractivity contribution in [3.8, 4) is 0 Å². The van der Waals surface area contributed by atoms with Crippen molar-refractivity contribution in [3.05, 3.63) is 51.9 Å². The average Bonchev–Trinajstić information content (AvgIpc) is 3.31. The lowest BCUT2D eigenvalue weighted by Crippen LogP contribution is -3.12. The molecule has 5 rings (SSSR count). The Bertz CT molecular complexity index is 1010. The monoisotopic (exact) mass is 413 g/mol. The maximum atomic E-state index is 13.3. The number of fused-ring (bicyclic) bond motifs is 3. The first-order valence-corrected chi connectivity index (χ1v) is 11.2. The topological polar surface area (TPSA) is 42.7 Å². The number of halogens is 1. The van der Waals surface area contributed by atoms with Crippen molar-refractivity contribution in [2.45, 2.75) is 32.4 Å². The summed E-state index contributed by atoms with van der Waals surface area (Å²) < 4.78 is 18.8. The first-order chi connectivity index (χ1) is 14.2. The third-order valence-electron chi connectivity index (χ3n) is 5.89. The Kier molecular flexibility index (Phi) is 5.20. The van der Waals surface area contributed by atoms with Crippen LogP contribution in [0.1, 0.15) is 28.2 Å². The fourth-order valence-electron chi connectivity index (χ4n) is 4.37. The van der Waals surface area contributed by atoms with Crippen LogP contribution < -0.4 is 9.80 Å². The van der Waals surface area contributed by atoms with Crippen molar-refractivity contribution < 1.29 is 14.0 Å². The Balaban J connectivity index is 1.51. The molecule has 3 aromatic rings. The van der Waals surface area contributed by atoms with Crippen molar-refractivity contribution in [1.29, 1.82) is 0 Å². The van der Waals surface area contributed by atoms with Crippen LogP contribution in [0.5, 0.6) is 0 Å². The molecule has 1 saturated heterocycles. The molecule has 1 aromatic carbocycles. The highest BCUT2D eigenvalue weighted by Gasteiger charge is 2.25. The summed E-state index contributed by atoms with van der Waals surface area (Å²) >= 11 is 1.84. The molecule has 2 aromatic heterocycles. The molecule has 1 aliphatic carbocycles. The Hall–Kier alpha value is -2.09. The highest BCUT2D eigenvalue weighted by atomic mass is 32.1. The zero-order valence-electron chi connectivity index (χ0n) is 16.7. The highest BCUT2D eigenvalue weighted by molar-refractivity contribution is 7.19. The van der Waals surface area contributed by atoms with Gasteiger partial charge in [0.1, 0.15) is 36.1 Å². The van der Waals surface area contributed by atoms with Crippen molar-refractivity contribution in [2.75, 3.05) is 38.3 Å². The lowest BCUT2D eigenvalue weighted by molar-refractivity contribution is -0.922. The number of benzene rings is 1. The normalized spacial score (nSPS) is 17.0. The molecule has 2 aliphatic rings. The van der Waals surface area contributed by atoms with E-state index in [1.807, 2.05) is 23.5 Å². The number of nitrogens with zero attached hydrogens (tertiary/aromatic N) is 3. The third-order valence-corrected chi connectivity index (χ3v) is 7.08. The van der Waals surface area contributed by atoms with Crippen LogP contribution in [0.2, 0.25) is 0 Å². The van der Waals surface area contributed by atoms with E-state index in [9.17, 15) is 4.39 Å². The number of quaternary nitrogens is 1. The van der Waals surface area contributed by atoms with Crippen LogP contribution >= 0.6 is 11.3 Å². The quantitative estimate of drug-likeness (QED) is 0.698. The van der Waals surface area contributed by atoms with Crippen LogP contribution in [0.25, 0.3) is 10.2 Å². The van der Waals surface area contributed by atoms with Gasteiger partial charge < -0.3 is 14.5 Å². The summed E-state index contributed by atoms with van der Waals surface area (Å²) in [5.74, 6) is 1.73. The second kappa shape index (κ2) is 7.97. The van der Waals surface area contributed by atoms with E-state index in [1.54, 1.807) is 0 Å². The number of aromatic nitrogens is 2. The van der Waals surface area contributed by atoms with E-state index in [2.05, 4.69) is 11.9 Å². The number of morpholine rings is 1. The number of hydrogen-bond acceptors (Lipinski definition) is 5. The minimum absolute atomic E-state index is 0.202. The third kappa shape index (κ3) is 3.86. The molecular weight excluding hydrogens is 387 g/mol. The van der Waals surface area contributed by atoms with Crippen molar-refractivity contribution >= 4 is 27.4 Å². The summed E-state index contributed by atoms with van der Waals surface area (Å²) in [5, 5.41) is 1.23. The van der Waals surface area contributed by atoms with E-state index < -0.39 is 0 Å². The van der Waals surface area contributed by atoms with Crippen molar-refractivity contribution in [1.82, 2.24) is 9.97 Å². The summed E-state index contributed by atoms with van der Waals surface area (Å²) in [7, 11) is 2.08. The average molecular weight is 414 g/mol. The second-order valence-electron chi connectivity index (χ2n) is 8.02. The van der Waals surface area contributed by atoms with Crippen LogP contribution in [0.4, 0.5) is 10.2 Å². The zero-order valence-corrected chi connectivity index (χ0v) is 17.5. The van der Waals surface area contributed by atoms with Gasteiger partial charge in [0, 0.05) is 18.5 Å². The van der Waals surface area contributed by atoms with Gasteiger partial charge in [-0.25, -0.2) is 14.4 Å². The molecule has 0 atom stereocenters. The number of aryl methyl sites for hydroxylation is 2. The van der Waals surface area contributed by atoms with Gasteiger partial charge in [-0.15, -0.1) is 11.3 Å². The van der Waals surface area contributed by atoms with Crippen LogP contribution in [-0.2, 0) is 30.7 Å². The van der Waals surface area contributed by atoms with Crippen molar-refractivity contribution in [2.24, 2.45) is 0 Å². The first-order valence-electron chi connectivity index (χ1n) is 10.4. The lowest BCUT2D eigenvalue weighted by Gasteiger charge is -2.24. The number of anilines is 1. The van der Waals surface area contributed by atoms with Gasteiger partial charge in [0.2, 0.25) is 0 Å². The molecule has 0 unspecified atom stereocenters. The molecule has 0 bridgehead atoms. The smallest absolute Gasteiger partial charge is 0.187 e. The number of ether oxygens (including phenoxy) is 1. The number of thiophene rings is 1. The molecule has 0 radical (unpaired) electrons. The van der Waals surface area contributed by atoms with E-state index in [0.717, 1.165) is 67.7 Å². The maximum Gasteiger partial charge on any atom is 0.187 e. The van der Waals surface area contributed by atoms with Gasteiger partial charge in [-0.05, 0) is 42.5 Å². The van der Waals surface area contributed by atoms with E-state index in [4.69, 9.17) is 14.7 Å². The molecule has 152 valence electrons. The second-order valence-corrected chi connectivity index (χ2v) is 9.11. The Morgan fingerprint density at radius 3 is 2.72 bits per heavy atom. The zero-order chi connectivity index (χ0) is 19.8. The predicted molar refractivity (Wildman–Crippen MR) is 113 cm³/mol. The molecule has 1 aliphatic heterocycles. The molecular formula is C22H26FN4OS+. The molecule has 3 heterocycles. The van der Waals surface area contributed by atoms with Crippen LogP contribution in [0, 0.1) is 5.82 Å². The van der Waals surface area contributed by atoms with Gasteiger partial charge in [-0.3, -0.25) is 0 Å². The summed E-state index contributed by atoms with van der Waals surface area (Å²) in [5.41, 5.74) is 2.52. The fourth-order valence-corrected chi connectivity index (χ4v) is 5.65. The van der Waals surface area contributed by atoms with Gasteiger partial charge in [-0.1, -0.05) is 12.1 Å². The molecule has 0 amide bonds. The summed E-state index contributed by atoms with van der Waals surface area (Å²) in [6.45, 7) is 5.15. The fraction of sp³-hybridized carbons (Fsp3) is 0.455. The van der Waals surface area contributed by atoms with E-state index >= 15 is 0 Å². The molecule has 5 nitrogen and oxygen atoms in total. The van der Waals surface area contributed by atoms with Crippen LogP contribution in [0.3, 0.4) is 0 Å². The first kappa shape index (κ1) is 18.9. The van der Waals surface area contributed by atoms with E-state index in [1.165, 1.54) is 39.3 Å². The Labute approximate surface area is 174 Å². The summed E-state index contributed by atoms with van der Waals surface area (Å²) in [6, 6.07) is 6.74. The predicted octanol–water partition coefficient (Wildman–Crippen LogP) is 2.37. The minimum Gasteiger partial charge on any atom is -0.370 e. The molecule has 29 heavy (non-hydrogen) atoms. The number of hydrogen-bond donors (Lipinski definition) is 1.